The maximum Gasteiger partial charge on any atom is 0.189 e. The van der Waals surface area contributed by atoms with Crippen LogP contribution in [0.15, 0.2) is 22.5 Å². The second kappa shape index (κ2) is 7.84. The van der Waals surface area contributed by atoms with Gasteiger partial charge >= 0.3 is 0 Å². The van der Waals surface area contributed by atoms with Crippen LogP contribution in [-0.4, -0.2) is 17.5 Å². The van der Waals surface area contributed by atoms with Crippen LogP contribution in [-0.2, 0) is 12.0 Å². The van der Waals surface area contributed by atoms with Crippen molar-refractivity contribution in [2.24, 2.45) is 10.7 Å². The number of rotatable bonds is 4. The van der Waals surface area contributed by atoms with Crippen LogP contribution in [0.3, 0.4) is 0 Å². The van der Waals surface area contributed by atoms with E-state index in [0.29, 0.717) is 19.0 Å². The zero-order valence-corrected chi connectivity index (χ0v) is 15.1. The van der Waals surface area contributed by atoms with E-state index in [9.17, 15) is 0 Å². The van der Waals surface area contributed by atoms with Crippen LogP contribution >= 0.6 is 35.3 Å². The quantitative estimate of drug-likeness (QED) is 0.357. The van der Waals surface area contributed by atoms with Crippen LogP contribution in [0.5, 0.6) is 0 Å². The number of guanidine groups is 1. The predicted octanol–water partition coefficient (Wildman–Crippen LogP) is 3.04. The van der Waals surface area contributed by atoms with Gasteiger partial charge < -0.3 is 11.1 Å². The summed E-state index contributed by atoms with van der Waals surface area (Å²) in [6, 6.07) is 0. The number of halogens is 1. The van der Waals surface area contributed by atoms with Gasteiger partial charge in [0.1, 0.15) is 0 Å². The third-order valence-corrected chi connectivity index (χ3v) is 3.49. The number of hydrogen-bond donors (Lipinski definition) is 2. The Balaban J connectivity index is 0.00000324. The zero-order valence-electron chi connectivity index (χ0n) is 12.0. The molecule has 0 radical (unpaired) electrons. The average Bonchev–Trinajstić information content (AvgIpc) is 2.71. The van der Waals surface area contributed by atoms with Gasteiger partial charge in [-0.3, -0.25) is 0 Å². The molecule has 0 amide bonds. The molecule has 0 spiro atoms. The Bertz CT molecular complexity index is 446. The molecule has 4 nitrogen and oxygen atoms in total. The van der Waals surface area contributed by atoms with Gasteiger partial charge in [0, 0.05) is 17.3 Å². The molecule has 3 N–H and O–H groups in total. The van der Waals surface area contributed by atoms with Crippen LogP contribution in [0.2, 0.25) is 0 Å². The van der Waals surface area contributed by atoms with Gasteiger partial charge in [0.25, 0.3) is 0 Å². The molecule has 1 aromatic rings. The Morgan fingerprint density at radius 1 is 1.53 bits per heavy atom. The molecule has 0 aliphatic rings. The summed E-state index contributed by atoms with van der Waals surface area (Å²) >= 11 is 1.67. The number of thiazole rings is 1. The molecule has 0 aliphatic carbocycles. The molecule has 1 heterocycles. The number of aliphatic imine (C=N–C) groups is 1. The molecule has 108 valence electrons. The van der Waals surface area contributed by atoms with E-state index in [4.69, 9.17) is 5.73 Å². The number of hydrogen-bond acceptors (Lipinski definition) is 3. The van der Waals surface area contributed by atoms with Gasteiger partial charge in [0.2, 0.25) is 0 Å². The molecule has 0 fully saturated rings. The van der Waals surface area contributed by atoms with Gasteiger partial charge in [0.15, 0.2) is 5.96 Å². The Kier molecular flexibility index (Phi) is 7.58. The summed E-state index contributed by atoms with van der Waals surface area (Å²) in [6.07, 6.45) is 0. The molecule has 0 aliphatic heterocycles. The lowest BCUT2D eigenvalue weighted by molar-refractivity contribution is 0.583. The van der Waals surface area contributed by atoms with E-state index in [0.717, 1.165) is 16.3 Å². The molecule has 0 atom stereocenters. The maximum atomic E-state index is 5.74. The highest BCUT2D eigenvalue weighted by Gasteiger charge is 2.17. The molecule has 1 aromatic heterocycles. The summed E-state index contributed by atoms with van der Waals surface area (Å²) in [4.78, 5) is 8.81. The highest BCUT2D eigenvalue weighted by atomic mass is 127. The Morgan fingerprint density at radius 3 is 2.63 bits per heavy atom. The molecule has 0 saturated heterocycles. The van der Waals surface area contributed by atoms with E-state index in [1.165, 1.54) is 0 Å². The number of nitrogens with zero attached hydrogens (tertiary/aromatic N) is 2. The second-order valence-corrected chi connectivity index (χ2v) is 6.26. The van der Waals surface area contributed by atoms with Crippen molar-refractivity contribution in [3.8, 4) is 0 Å². The van der Waals surface area contributed by atoms with Gasteiger partial charge in [-0.15, -0.1) is 35.3 Å². The smallest absolute Gasteiger partial charge is 0.189 e. The van der Waals surface area contributed by atoms with Crippen LogP contribution in [0.4, 0.5) is 0 Å². The van der Waals surface area contributed by atoms with Crippen LogP contribution < -0.4 is 11.1 Å². The van der Waals surface area contributed by atoms with Crippen molar-refractivity contribution in [2.45, 2.75) is 39.7 Å². The van der Waals surface area contributed by atoms with Gasteiger partial charge in [-0.05, 0) is 6.92 Å². The van der Waals surface area contributed by atoms with E-state index < -0.39 is 0 Å². The minimum absolute atomic E-state index is 0. The van der Waals surface area contributed by atoms with Crippen LogP contribution in [0.1, 0.15) is 38.4 Å². The minimum atomic E-state index is 0. The van der Waals surface area contributed by atoms with Crippen LogP contribution in [0.25, 0.3) is 0 Å². The molecule has 6 heteroatoms. The normalized spacial score (nSPS) is 11.9. The SMILES string of the molecule is C=C(C)CNC(N)=NCc1csc(C(C)(C)C)n1.I. The summed E-state index contributed by atoms with van der Waals surface area (Å²) < 4.78 is 0. The molecule has 0 saturated carbocycles. The first kappa shape index (κ1) is 18.4. The van der Waals surface area contributed by atoms with Gasteiger partial charge in [0.05, 0.1) is 17.2 Å². The molecule has 0 unspecified atom stereocenters. The summed E-state index contributed by atoms with van der Waals surface area (Å²) in [5.41, 5.74) is 7.82. The van der Waals surface area contributed by atoms with E-state index in [-0.39, 0.29) is 29.4 Å². The van der Waals surface area contributed by atoms with E-state index >= 15 is 0 Å². The fourth-order valence-electron chi connectivity index (χ4n) is 1.19. The van der Waals surface area contributed by atoms with Crippen molar-refractivity contribution in [3.63, 3.8) is 0 Å². The standard InChI is InChI=1S/C13H22N4S.HI/c1-9(2)6-15-12(14)16-7-10-8-18-11(17-10)13(3,4)5;/h8H,1,6-7H2,2-5H3,(H3,14,15,16);1H. The number of nitrogens with two attached hydrogens (primary N) is 1. The van der Waals surface area contributed by atoms with Gasteiger partial charge in [-0.25, -0.2) is 9.98 Å². The largest absolute Gasteiger partial charge is 0.370 e. The Hall–Kier alpha value is -0.630. The molecule has 0 bridgehead atoms. The fraction of sp³-hybridized carbons (Fsp3) is 0.538. The molecular weight excluding hydrogens is 371 g/mol. The molecule has 1 rings (SSSR count). The monoisotopic (exact) mass is 394 g/mol. The number of nitrogens with one attached hydrogen (secondary N) is 1. The summed E-state index contributed by atoms with van der Waals surface area (Å²) in [7, 11) is 0. The maximum absolute atomic E-state index is 5.74. The third kappa shape index (κ3) is 6.91. The molecular formula is C13H23IN4S. The first-order valence-electron chi connectivity index (χ1n) is 5.92. The molecule has 19 heavy (non-hydrogen) atoms. The molecule has 0 aromatic carbocycles. The van der Waals surface area contributed by atoms with E-state index in [1.54, 1.807) is 11.3 Å². The Morgan fingerprint density at radius 2 is 2.16 bits per heavy atom. The highest BCUT2D eigenvalue weighted by molar-refractivity contribution is 14.0. The van der Waals surface area contributed by atoms with Crippen molar-refractivity contribution in [2.75, 3.05) is 6.54 Å². The Labute approximate surface area is 136 Å². The minimum Gasteiger partial charge on any atom is -0.370 e. The first-order chi connectivity index (χ1) is 8.29. The van der Waals surface area contributed by atoms with Crippen molar-refractivity contribution in [1.82, 2.24) is 10.3 Å². The lowest BCUT2D eigenvalue weighted by Crippen LogP contribution is -2.32. The van der Waals surface area contributed by atoms with Crippen molar-refractivity contribution < 1.29 is 0 Å². The van der Waals surface area contributed by atoms with E-state index in [2.05, 4.69) is 42.6 Å². The summed E-state index contributed by atoms with van der Waals surface area (Å²) in [6.45, 7) is 13.4. The second-order valence-electron chi connectivity index (χ2n) is 5.41. The fourth-order valence-corrected chi connectivity index (χ4v) is 2.09. The number of aromatic nitrogens is 1. The average molecular weight is 394 g/mol. The van der Waals surface area contributed by atoms with Crippen molar-refractivity contribution in [1.29, 1.82) is 0 Å². The van der Waals surface area contributed by atoms with Crippen molar-refractivity contribution >= 4 is 41.3 Å². The van der Waals surface area contributed by atoms with Crippen LogP contribution in [0, 0.1) is 0 Å². The summed E-state index contributed by atoms with van der Waals surface area (Å²) in [5.74, 6) is 0.434. The predicted molar refractivity (Wildman–Crippen MR) is 94.4 cm³/mol. The lowest BCUT2D eigenvalue weighted by Gasteiger charge is -2.13. The lowest BCUT2D eigenvalue weighted by atomic mass is 9.98. The van der Waals surface area contributed by atoms with Gasteiger partial charge in [-0.2, -0.15) is 0 Å². The summed E-state index contributed by atoms with van der Waals surface area (Å²) in [5, 5.41) is 6.16. The van der Waals surface area contributed by atoms with Crippen molar-refractivity contribution in [3.05, 3.63) is 28.2 Å². The topological polar surface area (TPSA) is 63.3 Å². The zero-order chi connectivity index (χ0) is 13.8. The van der Waals surface area contributed by atoms with Gasteiger partial charge in [-0.1, -0.05) is 32.9 Å². The third-order valence-electron chi connectivity index (χ3n) is 2.18. The first-order valence-corrected chi connectivity index (χ1v) is 6.80. The highest BCUT2D eigenvalue weighted by Crippen LogP contribution is 2.25. The van der Waals surface area contributed by atoms with E-state index in [1.807, 2.05) is 12.3 Å².